The van der Waals surface area contributed by atoms with Crippen molar-refractivity contribution in [3.8, 4) is 0 Å². The minimum absolute atomic E-state index is 0.103. The average Bonchev–Trinajstić information content (AvgIpc) is 3.05. The second-order valence-corrected chi connectivity index (χ2v) is 6.89. The predicted molar refractivity (Wildman–Crippen MR) is 75.9 cm³/mol. The Kier molecular flexibility index (Phi) is 4.57. The van der Waals surface area contributed by atoms with Gasteiger partial charge in [-0.05, 0) is 25.8 Å². The topological polar surface area (TPSA) is 106 Å². The summed E-state index contributed by atoms with van der Waals surface area (Å²) in [6.45, 7) is 1.99. The van der Waals surface area contributed by atoms with Crippen LogP contribution in [0.25, 0.3) is 0 Å². The maximum Gasteiger partial charge on any atom is 0.354 e. The predicted octanol–water partition coefficient (Wildman–Crippen LogP) is 0.439. The summed E-state index contributed by atoms with van der Waals surface area (Å²) in [5.41, 5.74) is 0.103. The van der Waals surface area contributed by atoms with Crippen molar-refractivity contribution in [2.75, 3.05) is 13.2 Å². The molecule has 22 heavy (non-hydrogen) atoms. The van der Waals surface area contributed by atoms with Crippen molar-refractivity contribution in [2.45, 2.75) is 30.7 Å². The maximum absolute atomic E-state index is 12.6. The van der Waals surface area contributed by atoms with Gasteiger partial charge < -0.3 is 14.4 Å². The number of esters is 1. The highest BCUT2D eigenvalue weighted by Crippen LogP contribution is 2.27. The smallest absolute Gasteiger partial charge is 0.354 e. The number of carboxylic acids is 1. The lowest BCUT2D eigenvalue weighted by molar-refractivity contribution is -0.140. The highest BCUT2D eigenvalue weighted by Gasteiger charge is 2.40. The first-order chi connectivity index (χ1) is 10.3. The Labute approximate surface area is 128 Å². The lowest BCUT2D eigenvalue weighted by atomic mass is 10.2. The Morgan fingerprint density at radius 1 is 1.45 bits per heavy atom. The quantitative estimate of drug-likeness (QED) is 0.785. The second-order valence-electron chi connectivity index (χ2n) is 5.00. The molecule has 0 radical (unpaired) electrons. The zero-order valence-electron chi connectivity index (χ0n) is 12.4. The summed E-state index contributed by atoms with van der Waals surface area (Å²) in [6, 6.07) is 0.154. The van der Waals surface area contributed by atoms with E-state index < -0.39 is 28.0 Å². The molecule has 122 valence electrons. The van der Waals surface area contributed by atoms with Crippen LogP contribution in [0, 0.1) is 0 Å². The number of carbonyl (C=O) groups excluding carboxylic acids is 1. The third-order valence-electron chi connectivity index (χ3n) is 3.56. The molecule has 0 spiro atoms. The van der Waals surface area contributed by atoms with Gasteiger partial charge in [-0.15, -0.1) is 0 Å². The number of aromatic nitrogens is 1. The van der Waals surface area contributed by atoms with Gasteiger partial charge >= 0.3 is 11.9 Å². The van der Waals surface area contributed by atoms with E-state index in [1.807, 2.05) is 0 Å². The summed E-state index contributed by atoms with van der Waals surface area (Å²) in [5, 5.41) is 9.13. The number of sulfonamides is 1. The Hall–Kier alpha value is -1.87. The summed E-state index contributed by atoms with van der Waals surface area (Å²) in [5.74, 6) is -1.79. The van der Waals surface area contributed by atoms with Crippen LogP contribution in [0.4, 0.5) is 0 Å². The minimum Gasteiger partial charge on any atom is -0.480 e. The van der Waals surface area contributed by atoms with Gasteiger partial charge in [0, 0.05) is 19.8 Å². The molecule has 1 saturated heterocycles. The van der Waals surface area contributed by atoms with E-state index in [0.717, 1.165) is 4.31 Å². The standard InChI is InChI=1S/C13H18N2O6S/c1-3-21-13(18)11-7-9(8-14(11)2)22(19,20)15-6-4-5-10(15)12(16)17/h7-8,10H,3-6H2,1-2H3,(H,16,17)/t10-/m1/s1. The van der Waals surface area contributed by atoms with Crippen molar-refractivity contribution in [2.24, 2.45) is 7.05 Å². The third kappa shape index (κ3) is 2.86. The number of aryl methyl sites for hydroxylation is 1. The number of aliphatic carboxylic acids is 1. The van der Waals surface area contributed by atoms with Crippen molar-refractivity contribution < 1.29 is 27.9 Å². The summed E-state index contributed by atoms with van der Waals surface area (Å²) in [6.07, 6.45) is 2.07. The van der Waals surface area contributed by atoms with Crippen LogP contribution in [0.5, 0.6) is 0 Å². The average molecular weight is 330 g/mol. The minimum atomic E-state index is -3.96. The van der Waals surface area contributed by atoms with E-state index in [0.29, 0.717) is 6.42 Å². The Balaban J connectivity index is 2.36. The zero-order chi connectivity index (χ0) is 16.5. The first-order valence-electron chi connectivity index (χ1n) is 6.87. The summed E-state index contributed by atoms with van der Waals surface area (Å²) >= 11 is 0. The molecule has 0 amide bonds. The van der Waals surface area contributed by atoms with Crippen LogP contribution in [0.1, 0.15) is 30.3 Å². The van der Waals surface area contributed by atoms with E-state index in [1.54, 1.807) is 6.92 Å². The van der Waals surface area contributed by atoms with Crippen molar-refractivity contribution in [3.05, 3.63) is 18.0 Å². The molecular weight excluding hydrogens is 312 g/mol. The SMILES string of the molecule is CCOC(=O)c1cc(S(=O)(=O)N2CCC[C@@H]2C(=O)O)cn1C. The second kappa shape index (κ2) is 6.09. The maximum atomic E-state index is 12.6. The van der Waals surface area contributed by atoms with E-state index >= 15 is 0 Å². The van der Waals surface area contributed by atoms with E-state index in [9.17, 15) is 18.0 Å². The molecule has 1 atom stereocenters. The Morgan fingerprint density at radius 2 is 2.14 bits per heavy atom. The molecule has 1 aliphatic rings. The number of nitrogens with zero attached hydrogens (tertiary/aromatic N) is 2. The zero-order valence-corrected chi connectivity index (χ0v) is 13.2. The van der Waals surface area contributed by atoms with Crippen molar-refractivity contribution >= 4 is 22.0 Å². The molecule has 0 aromatic carbocycles. The highest BCUT2D eigenvalue weighted by molar-refractivity contribution is 7.89. The summed E-state index contributed by atoms with van der Waals surface area (Å²) in [4.78, 5) is 22.8. The molecule has 0 aliphatic carbocycles. The van der Waals surface area contributed by atoms with Gasteiger partial charge in [0.1, 0.15) is 16.6 Å². The van der Waals surface area contributed by atoms with Gasteiger partial charge in [0.15, 0.2) is 0 Å². The molecule has 9 heteroatoms. The molecule has 0 bridgehead atoms. The van der Waals surface area contributed by atoms with Crippen LogP contribution in [0.15, 0.2) is 17.2 Å². The molecule has 2 heterocycles. The summed E-state index contributed by atoms with van der Waals surface area (Å²) in [7, 11) is -2.43. The van der Waals surface area contributed by atoms with E-state index in [4.69, 9.17) is 9.84 Å². The third-order valence-corrected chi connectivity index (χ3v) is 5.43. The molecule has 0 saturated carbocycles. The molecule has 1 fully saturated rings. The molecule has 1 aliphatic heterocycles. The molecule has 1 N–H and O–H groups in total. The Morgan fingerprint density at radius 3 is 2.73 bits per heavy atom. The van der Waals surface area contributed by atoms with Crippen molar-refractivity contribution in [3.63, 3.8) is 0 Å². The van der Waals surface area contributed by atoms with Crippen LogP contribution in [-0.2, 0) is 26.6 Å². The van der Waals surface area contributed by atoms with Gasteiger partial charge in [0.2, 0.25) is 10.0 Å². The van der Waals surface area contributed by atoms with Crippen molar-refractivity contribution in [1.82, 2.24) is 8.87 Å². The molecule has 1 aromatic heterocycles. The summed E-state index contributed by atoms with van der Waals surface area (Å²) < 4.78 is 32.4. The van der Waals surface area contributed by atoms with Gasteiger partial charge in [-0.2, -0.15) is 4.31 Å². The molecule has 2 rings (SSSR count). The number of rotatable bonds is 5. The number of hydrogen-bond acceptors (Lipinski definition) is 5. The van der Waals surface area contributed by atoms with Gasteiger partial charge in [0.05, 0.1) is 6.61 Å². The van der Waals surface area contributed by atoms with E-state index in [1.165, 1.54) is 23.9 Å². The normalized spacial score (nSPS) is 19.3. The largest absolute Gasteiger partial charge is 0.480 e. The monoisotopic (exact) mass is 330 g/mol. The molecule has 0 unspecified atom stereocenters. The first kappa shape index (κ1) is 16.5. The van der Waals surface area contributed by atoms with Crippen LogP contribution in [-0.4, -0.2) is 53.5 Å². The fraction of sp³-hybridized carbons (Fsp3) is 0.538. The van der Waals surface area contributed by atoms with Gasteiger partial charge in [-0.25, -0.2) is 13.2 Å². The number of carboxylic acid groups (broad SMARTS) is 1. The van der Waals surface area contributed by atoms with Crippen LogP contribution in [0.3, 0.4) is 0 Å². The molecular formula is C13H18N2O6S. The Bertz CT molecular complexity index is 693. The van der Waals surface area contributed by atoms with Gasteiger partial charge in [-0.1, -0.05) is 0 Å². The van der Waals surface area contributed by atoms with Crippen LogP contribution in [0.2, 0.25) is 0 Å². The van der Waals surface area contributed by atoms with Gasteiger partial charge in [-0.3, -0.25) is 4.79 Å². The lowest BCUT2D eigenvalue weighted by Gasteiger charge is -2.19. The van der Waals surface area contributed by atoms with E-state index in [-0.39, 0.29) is 30.2 Å². The number of hydrogen-bond donors (Lipinski definition) is 1. The number of ether oxygens (including phenoxy) is 1. The molecule has 1 aromatic rings. The fourth-order valence-corrected chi connectivity index (χ4v) is 4.22. The lowest BCUT2D eigenvalue weighted by Crippen LogP contribution is -2.40. The highest BCUT2D eigenvalue weighted by atomic mass is 32.2. The number of carbonyl (C=O) groups is 2. The van der Waals surface area contributed by atoms with Crippen molar-refractivity contribution in [1.29, 1.82) is 0 Å². The van der Waals surface area contributed by atoms with Gasteiger partial charge in [0.25, 0.3) is 0 Å². The van der Waals surface area contributed by atoms with Crippen LogP contribution < -0.4 is 0 Å². The fourth-order valence-electron chi connectivity index (χ4n) is 2.49. The first-order valence-corrected chi connectivity index (χ1v) is 8.31. The molecule has 8 nitrogen and oxygen atoms in total. The van der Waals surface area contributed by atoms with E-state index in [2.05, 4.69) is 0 Å². The van der Waals surface area contributed by atoms with Crippen LogP contribution >= 0.6 is 0 Å².